The van der Waals surface area contributed by atoms with Gasteiger partial charge in [-0.1, -0.05) is 23.4 Å². The van der Waals surface area contributed by atoms with Crippen LogP contribution in [0.2, 0.25) is 5.02 Å². The molecule has 4 aromatic rings. The van der Waals surface area contributed by atoms with Gasteiger partial charge in [-0.3, -0.25) is 4.79 Å². The Balaban J connectivity index is 1.27. The maximum absolute atomic E-state index is 12.1. The number of hydrogen-bond acceptors (Lipinski definition) is 7. The Kier molecular flexibility index (Phi) is 5.83. The third-order valence-corrected chi connectivity index (χ3v) is 4.72. The van der Waals surface area contributed by atoms with E-state index in [9.17, 15) is 4.79 Å². The number of carbonyl (C=O) groups is 1. The van der Waals surface area contributed by atoms with Crippen molar-refractivity contribution in [2.24, 2.45) is 0 Å². The second-order valence-electron chi connectivity index (χ2n) is 5.77. The first-order chi connectivity index (χ1) is 14.2. The van der Waals surface area contributed by atoms with E-state index in [4.69, 9.17) is 25.2 Å². The average Bonchev–Trinajstić information content (AvgIpc) is 3.41. The molecule has 0 aliphatic heterocycles. The van der Waals surface area contributed by atoms with Gasteiger partial charge in [0.25, 0.3) is 11.1 Å². The maximum atomic E-state index is 12.1. The van der Waals surface area contributed by atoms with Crippen molar-refractivity contribution in [3.63, 3.8) is 0 Å². The quantitative estimate of drug-likeness (QED) is 0.389. The van der Waals surface area contributed by atoms with Crippen LogP contribution < -0.4 is 10.1 Å². The molecule has 0 fully saturated rings. The number of benzene rings is 2. The minimum absolute atomic E-state index is 0.128. The summed E-state index contributed by atoms with van der Waals surface area (Å²) >= 11 is 7.00. The van der Waals surface area contributed by atoms with Crippen LogP contribution in [0.4, 0.5) is 5.69 Å². The number of aromatic nitrogens is 2. The lowest BCUT2D eigenvalue weighted by Crippen LogP contribution is -2.13. The Hall–Kier alpha value is -3.23. The van der Waals surface area contributed by atoms with Gasteiger partial charge in [-0.25, -0.2) is 0 Å². The number of anilines is 1. The molecule has 0 aliphatic carbocycles. The van der Waals surface area contributed by atoms with Crippen molar-refractivity contribution in [2.75, 3.05) is 11.1 Å². The molecule has 1 N–H and O–H groups in total. The highest BCUT2D eigenvalue weighted by molar-refractivity contribution is 7.99. The van der Waals surface area contributed by atoms with Crippen molar-refractivity contribution in [3.8, 4) is 23.1 Å². The normalized spacial score (nSPS) is 10.7. The summed E-state index contributed by atoms with van der Waals surface area (Å²) in [7, 11) is 0. The summed E-state index contributed by atoms with van der Waals surface area (Å²) in [6.07, 6.45) is 1.52. The van der Waals surface area contributed by atoms with Gasteiger partial charge in [0.1, 0.15) is 11.5 Å². The molecule has 1 amide bonds. The first-order valence-corrected chi connectivity index (χ1v) is 9.85. The van der Waals surface area contributed by atoms with Gasteiger partial charge in [-0.15, -0.1) is 10.2 Å². The Morgan fingerprint density at radius 3 is 2.45 bits per heavy atom. The van der Waals surface area contributed by atoms with Crippen LogP contribution in [0, 0.1) is 0 Å². The number of nitrogens with one attached hydrogen (secondary N) is 1. The minimum Gasteiger partial charge on any atom is -0.459 e. The number of nitrogens with zero attached hydrogens (tertiary/aromatic N) is 2. The maximum Gasteiger partial charge on any atom is 0.284 e. The van der Waals surface area contributed by atoms with E-state index in [-0.39, 0.29) is 17.6 Å². The predicted octanol–water partition coefficient (Wildman–Crippen LogP) is 5.51. The summed E-state index contributed by atoms with van der Waals surface area (Å²) in [6.45, 7) is 0. The highest BCUT2D eigenvalue weighted by atomic mass is 35.5. The zero-order valence-electron chi connectivity index (χ0n) is 14.9. The molecule has 29 heavy (non-hydrogen) atoms. The number of halogens is 1. The van der Waals surface area contributed by atoms with E-state index in [1.807, 2.05) is 0 Å². The molecule has 7 nitrogen and oxygen atoms in total. The van der Waals surface area contributed by atoms with Crippen LogP contribution in [0.1, 0.15) is 0 Å². The largest absolute Gasteiger partial charge is 0.459 e. The molecule has 0 aliphatic rings. The van der Waals surface area contributed by atoms with Crippen molar-refractivity contribution in [3.05, 3.63) is 71.9 Å². The van der Waals surface area contributed by atoms with Crippen molar-refractivity contribution >= 4 is 35.0 Å². The van der Waals surface area contributed by atoms with Crippen molar-refractivity contribution in [1.82, 2.24) is 10.2 Å². The van der Waals surface area contributed by atoms with Gasteiger partial charge in [0.05, 0.1) is 12.0 Å². The second kappa shape index (κ2) is 8.85. The van der Waals surface area contributed by atoms with Gasteiger partial charge < -0.3 is 18.9 Å². The summed E-state index contributed by atoms with van der Waals surface area (Å²) in [5, 5.41) is 11.5. The number of furan rings is 1. The molecule has 0 saturated heterocycles. The number of hydrogen-bond donors (Lipinski definition) is 1. The summed E-state index contributed by atoms with van der Waals surface area (Å²) in [6, 6.07) is 17.6. The number of thioether (sulfide) groups is 1. The van der Waals surface area contributed by atoms with Gasteiger partial charge in [0.2, 0.25) is 5.91 Å². The van der Waals surface area contributed by atoms with Gasteiger partial charge in [-0.2, -0.15) is 0 Å². The highest BCUT2D eigenvalue weighted by Crippen LogP contribution is 2.25. The van der Waals surface area contributed by atoms with Gasteiger partial charge >= 0.3 is 0 Å². The van der Waals surface area contributed by atoms with Crippen LogP contribution in [0.3, 0.4) is 0 Å². The van der Waals surface area contributed by atoms with Crippen LogP contribution >= 0.6 is 23.4 Å². The van der Waals surface area contributed by atoms with Crippen molar-refractivity contribution in [2.45, 2.75) is 5.22 Å². The molecular weight excluding hydrogens is 414 g/mol. The van der Waals surface area contributed by atoms with E-state index in [2.05, 4.69) is 15.5 Å². The average molecular weight is 428 g/mol. The molecule has 0 saturated carbocycles. The molecule has 0 bridgehead atoms. The molecule has 2 heterocycles. The lowest BCUT2D eigenvalue weighted by atomic mass is 10.3. The van der Waals surface area contributed by atoms with Crippen LogP contribution in [0.15, 0.2) is 81.0 Å². The Bertz CT molecular complexity index is 1080. The molecule has 0 atom stereocenters. The fourth-order valence-electron chi connectivity index (χ4n) is 2.34. The fraction of sp³-hybridized carbons (Fsp3) is 0.0500. The summed E-state index contributed by atoms with van der Waals surface area (Å²) in [5.74, 6) is 2.01. The number of rotatable bonds is 7. The monoisotopic (exact) mass is 427 g/mol. The minimum atomic E-state index is -0.195. The summed E-state index contributed by atoms with van der Waals surface area (Å²) in [4.78, 5) is 12.1. The van der Waals surface area contributed by atoms with Crippen LogP contribution in [-0.2, 0) is 4.79 Å². The molecule has 146 valence electrons. The van der Waals surface area contributed by atoms with E-state index in [0.29, 0.717) is 33.2 Å². The van der Waals surface area contributed by atoms with Crippen LogP contribution in [0.25, 0.3) is 11.7 Å². The zero-order valence-corrected chi connectivity index (χ0v) is 16.4. The van der Waals surface area contributed by atoms with Crippen molar-refractivity contribution in [1.29, 1.82) is 0 Å². The Morgan fingerprint density at radius 2 is 1.76 bits per heavy atom. The number of amides is 1. The third-order valence-electron chi connectivity index (χ3n) is 3.65. The van der Waals surface area contributed by atoms with E-state index in [0.717, 1.165) is 11.8 Å². The van der Waals surface area contributed by atoms with Crippen LogP contribution in [-0.4, -0.2) is 21.9 Å². The topological polar surface area (TPSA) is 90.4 Å². The smallest absolute Gasteiger partial charge is 0.284 e. The lowest BCUT2D eigenvalue weighted by Gasteiger charge is -2.08. The standard InChI is InChI=1S/C20H14ClN3O4S/c21-13-3-7-15(8-4-13)27-16-9-5-14(6-10-16)22-18(25)12-29-20-24-23-19(28-20)17-2-1-11-26-17/h1-11H,12H2,(H,22,25). The molecule has 2 aromatic carbocycles. The molecule has 9 heteroatoms. The SMILES string of the molecule is O=C(CSc1nnc(-c2ccco2)o1)Nc1ccc(Oc2ccc(Cl)cc2)cc1. The van der Waals surface area contributed by atoms with Gasteiger partial charge in [0.15, 0.2) is 5.76 Å². The van der Waals surface area contributed by atoms with E-state index < -0.39 is 0 Å². The predicted molar refractivity (Wildman–Crippen MR) is 109 cm³/mol. The first-order valence-electron chi connectivity index (χ1n) is 8.49. The van der Waals surface area contributed by atoms with E-state index in [1.165, 1.54) is 6.26 Å². The Labute approximate surface area is 175 Å². The summed E-state index contributed by atoms with van der Waals surface area (Å²) < 4.78 is 16.4. The molecule has 0 radical (unpaired) electrons. The van der Waals surface area contributed by atoms with E-state index in [1.54, 1.807) is 60.7 Å². The molecule has 4 rings (SSSR count). The molecule has 0 spiro atoms. The second-order valence-corrected chi connectivity index (χ2v) is 7.13. The highest BCUT2D eigenvalue weighted by Gasteiger charge is 2.13. The van der Waals surface area contributed by atoms with Crippen molar-refractivity contribution < 1.29 is 18.4 Å². The molecule has 0 unspecified atom stereocenters. The summed E-state index contributed by atoms with van der Waals surface area (Å²) in [5.41, 5.74) is 0.654. The lowest BCUT2D eigenvalue weighted by molar-refractivity contribution is -0.113. The first kappa shape index (κ1) is 19.1. The van der Waals surface area contributed by atoms with Gasteiger partial charge in [-0.05, 0) is 60.7 Å². The fourth-order valence-corrected chi connectivity index (χ4v) is 3.03. The molecular formula is C20H14ClN3O4S. The number of carbonyl (C=O) groups excluding carboxylic acids is 1. The zero-order chi connectivity index (χ0) is 20.1. The third kappa shape index (κ3) is 5.18. The Morgan fingerprint density at radius 1 is 1.03 bits per heavy atom. The van der Waals surface area contributed by atoms with Crippen LogP contribution in [0.5, 0.6) is 11.5 Å². The van der Waals surface area contributed by atoms with E-state index >= 15 is 0 Å². The number of ether oxygens (including phenoxy) is 1. The molecule has 2 aromatic heterocycles. The van der Waals surface area contributed by atoms with Gasteiger partial charge in [0, 0.05) is 10.7 Å².